The van der Waals surface area contributed by atoms with Crippen LogP contribution in [0.4, 0.5) is 47.3 Å². The minimum Gasteiger partial charge on any atom is -0.444 e. The molecule has 0 atom stereocenters. The van der Waals surface area contributed by atoms with Gasteiger partial charge in [0, 0.05) is 57.5 Å². The fourth-order valence-corrected chi connectivity index (χ4v) is 6.82. The number of rotatable bonds is 8. The van der Waals surface area contributed by atoms with E-state index in [-0.39, 0.29) is 17.0 Å². The Morgan fingerprint density at radius 1 is 0.526 bits per heavy atom. The van der Waals surface area contributed by atoms with Crippen LogP contribution in [-0.2, 0) is 14.3 Å². The topological polar surface area (TPSA) is 175 Å². The van der Waals surface area contributed by atoms with Crippen molar-refractivity contribution < 1.29 is 59.8 Å². The van der Waals surface area contributed by atoms with Gasteiger partial charge in [0.1, 0.15) is 17.0 Å². The van der Waals surface area contributed by atoms with Crippen LogP contribution in [0.5, 0.6) is 0 Å². The van der Waals surface area contributed by atoms with Crippen LogP contribution in [0.1, 0.15) is 67.8 Å². The molecule has 2 heterocycles. The Labute approximate surface area is 440 Å². The SMILES string of the molecule is CC(C)(C)OC(=O)Nc1cc(F)c(F)c(C(=O)c2ccc3ncc(-c4ccc(Cl)cc4)nc3c2)c1F.CC(C)(C)OC(=O)Nc1cc(F)c(F)cc1F.CON(C)C(=O)c1ccc2ncc(-c3ccc(Cl)cc3)nc2c1. The van der Waals surface area contributed by atoms with Gasteiger partial charge in [-0.2, -0.15) is 0 Å². The third-order valence-corrected chi connectivity index (χ3v) is 10.6. The quantitative estimate of drug-likeness (QED) is 0.0641. The highest BCUT2D eigenvalue weighted by Crippen LogP contribution is 2.29. The summed E-state index contributed by atoms with van der Waals surface area (Å²) in [5, 5.41) is 6.38. The van der Waals surface area contributed by atoms with Crippen LogP contribution in [0.15, 0.2) is 116 Å². The number of amides is 3. The standard InChI is InChI=1S/C26H19ClF3N3O3.C17H14ClN3O2.C11H12F3NO2/c1-26(2,3)36-25(35)33-19-11-16(28)22(29)21(23(19)30)24(34)14-6-9-17-18(10-14)32-20(12-31-17)13-4-7-15(27)8-5-13;1-21(23-2)17(22)12-5-8-14-15(9-12)20-16(10-19-14)11-3-6-13(18)7-4-11;1-11(2,3)17-10(16)15-9-5-7(13)6(12)4-8(9)14/h4-12H,1-3H3,(H,33,35);3-10H,1-2H3;4-5H,1-3H3,(H,15,16). The van der Waals surface area contributed by atoms with Gasteiger partial charge in [0.2, 0.25) is 0 Å². The van der Waals surface area contributed by atoms with Crippen LogP contribution >= 0.6 is 23.2 Å². The molecular formula is C54H45Cl2F6N7O7. The molecule has 8 rings (SSSR count). The lowest BCUT2D eigenvalue weighted by Gasteiger charge is -2.20. The minimum atomic E-state index is -1.69. The number of benzene rings is 6. The molecule has 2 aromatic heterocycles. The first-order valence-electron chi connectivity index (χ1n) is 22.4. The van der Waals surface area contributed by atoms with Gasteiger partial charge in [0.25, 0.3) is 5.91 Å². The lowest BCUT2D eigenvalue weighted by Crippen LogP contribution is -2.28. The Kier molecular flexibility index (Phi) is 18.0. The molecule has 22 heteroatoms. The van der Waals surface area contributed by atoms with E-state index in [1.165, 1.54) is 31.5 Å². The summed E-state index contributed by atoms with van der Waals surface area (Å²) in [6.45, 7) is 9.58. The van der Waals surface area contributed by atoms with Crippen molar-refractivity contribution in [3.05, 3.63) is 177 Å². The van der Waals surface area contributed by atoms with E-state index in [1.54, 1.807) is 109 Å². The van der Waals surface area contributed by atoms with Gasteiger partial charge in [-0.15, -0.1) is 0 Å². The van der Waals surface area contributed by atoms with Crippen LogP contribution in [0, 0.1) is 34.9 Å². The van der Waals surface area contributed by atoms with Crippen molar-refractivity contribution in [2.24, 2.45) is 0 Å². The number of nitrogens with one attached hydrogen (secondary N) is 2. The number of fused-ring (bicyclic) bond motifs is 2. The molecule has 0 unspecified atom stereocenters. The fraction of sp³-hybridized carbons (Fsp3) is 0.185. The second kappa shape index (κ2) is 24.0. The molecule has 3 amide bonds. The smallest absolute Gasteiger partial charge is 0.412 e. The first-order valence-corrected chi connectivity index (χ1v) is 23.2. The molecule has 394 valence electrons. The number of hydrogen-bond acceptors (Lipinski definition) is 11. The first-order chi connectivity index (χ1) is 35.7. The summed E-state index contributed by atoms with van der Waals surface area (Å²) in [5.74, 6) is -9.68. The maximum atomic E-state index is 15.1. The van der Waals surface area contributed by atoms with Crippen LogP contribution in [0.25, 0.3) is 44.6 Å². The summed E-state index contributed by atoms with van der Waals surface area (Å²) < 4.78 is 92.4. The predicted octanol–water partition coefficient (Wildman–Crippen LogP) is 14.0. The molecule has 6 aromatic carbocycles. The van der Waals surface area contributed by atoms with E-state index in [4.69, 9.17) is 37.5 Å². The normalized spacial score (nSPS) is 11.2. The summed E-state index contributed by atoms with van der Waals surface area (Å²) in [7, 11) is 3.00. The van der Waals surface area contributed by atoms with E-state index < -0.39 is 81.0 Å². The van der Waals surface area contributed by atoms with Crippen molar-refractivity contribution in [3.8, 4) is 22.5 Å². The van der Waals surface area contributed by atoms with Gasteiger partial charge < -0.3 is 9.47 Å². The Hall–Kier alpha value is -8.20. The molecule has 0 aliphatic carbocycles. The molecule has 0 saturated carbocycles. The average molecular weight is 1090 g/mol. The Balaban J connectivity index is 0.000000201. The van der Waals surface area contributed by atoms with Crippen LogP contribution in [-0.4, -0.2) is 74.2 Å². The number of halogens is 8. The van der Waals surface area contributed by atoms with Crippen molar-refractivity contribution in [1.82, 2.24) is 25.0 Å². The molecule has 0 saturated heterocycles. The largest absolute Gasteiger partial charge is 0.444 e. The van der Waals surface area contributed by atoms with Crippen LogP contribution in [0.3, 0.4) is 0 Å². The van der Waals surface area contributed by atoms with Gasteiger partial charge >= 0.3 is 12.2 Å². The molecule has 76 heavy (non-hydrogen) atoms. The zero-order chi connectivity index (χ0) is 55.8. The number of carbonyl (C=O) groups excluding carboxylic acids is 4. The molecule has 14 nitrogen and oxygen atoms in total. The van der Waals surface area contributed by atoms with Gasteiger partial charge in [-0.1, -0.05) is 47.5 Å². The van der Waals surface area contributed by atoms with E-state index >= 15 is 4.39 Å². The number of hydroxylamine groups is 2. The maximum Gasteiger partial charge on any atom is 0.412 e. The minimum absolute atomic E-state index is 0.156. The highest BCUT2D eigenvalue weighted by molar-refractivity contribution is 6.31. The van der Waals surface area contributed by atoms with Gasteiger partial charge in [-0.3, -0.25) is 35.0 Å². The third kappa shape index (κ3) is 15.0. The van der Waals surface area contributed by atoms with Gasteiger partial charge in [-0.25, -0.2) is 51.0 Å². The average Bonchev–Trinajstić information content (AvgIpc) is 3.35. The molecule has 0 radical (unpaired) electrons. The monoisotopic (exact) mass is 1090 g/mol. The fourth-order valence-electron chi connectivity index (χ4n) is 6.57. The van der Waals surface area contributed by atoms with Crippen molar-refractivity contribution in [3.63, 3.8) is 0 Å². The van der Waals surface area contributed by atoms with E-state index in [9.17, 15) is 41.1 Å². The molecule has 0 bridgehead atoms. The number of hydrogen-bond donors (Lipinski definition) is 2. The summed E-state index contributed by atoms with van der Waals surface area (Å²) in [4.78, 5) is 71.2. The zero-order valence-corrected chi connectivity index (χ0v) is 43.1. The number of anilines is 2. The van der Waals surface area contributed by atoms with Crippen molar-refractivity contribution in [2.45, 2.75) is 52.7 Å². The molecule has 2 N–H and O–H groups in total. The maximum absolute atomic E-state index is 15.1. The van der Waals surface area contributed by atoms with Gasteiger partial charge in [-0.05, 0) is 102 Å². The Morgan fingerprint density at radius 3 is 1.43 bits per heavy atom. The predicted molar refractivity (Wildman–Crippen MR) is 275 cm³/mol. The van der Waals surface area contributed by atoms with Gasteiger partial charge in [0.15, 0.2) is 34.9 Å². The molecule has 0 spiro atoms. The van der Waals surface area contributed by atoms with E-state index in [0.717, 1.165) is 21.8 Å². The van der Waals surface area contributed by atoms with Crippen molar-refractivity contribution in [2.75, 3.05) is 24.8 Å². The number of ketones is 1. The molecule has 8 aromatic rings. The van der Waals surface area contributed by atoms with Crippen LogP contribution in [0.2, 0.25) is 10.0 Å². The first kappa shape index (κ1) is 57.1. The highest BCUT2D eigenvalue weighted by atomic mass is 35.5. The van der Waals surface area contributed by atoms with Crippen molar-refractivity contribution in [1.29, 1.82) is 0 Å². The van der Waals surface area contributed by atoms with E-state index in [2.05, 4.69) is 19.9 Å². The molecule has 0 aliphatic heterocycles. The van der Waals surface area contributed by atoms with Gasteiger partial charge in [0.05, 0.1) is 69.9 Å². The highest BCUT2D eigenvalue weighted by Gasteiger charge is 2.28. The lowest BCUT2D eigenvalue weighted by atomic mass is 10.0. The van der Waals surface area contributed by atoms with Crippen molar-refractivity contribution >= 4 is 80.5 Å². The number of nitrogens with zero attached hydrogens (tertiary/aromatic N) is 5. The second-order valence-corrected chi connectivity index (χ2v) is 19.0. The Bertz CT molecular complexity index is 3490. The number of aromatic nitrogens is 4. The zero-order valence-electron chi connectivity index (χ0n) is 41.6. The summed E-state index contributed by atoms with van der Waals surface area (Å²) in [6, 6.07) is 24.8. The van der Waals surface area contributed by atoms with E-state index in [0.29, 0.717) is 56.1 Å². The van der Waals surface area contributed by atoms with Crippen LogP contribution < -0.4 is 10.6 Å². The molecule has 0 aliphatic rings. The van der Waals surface area contributed by atoms with E-state index in [1.807, 2.05) is 22.8 Å². The Morgan fingerprint density at radius 2 is 0.961 bits per heavy atom. The second-order valence-electron chi connectivity index (χ2n) is 18.2. The third-order valence-electron chi connectivity index (χ3n) is 10.1. The summed E-state index contributed by atoms with van der Waals surface area (Å²) >= 11 is 11.8. The summed E-state index contributed by atoms with van der Waals surface area (Å²) in [5.41, 5.74) is 1.17. The number of ether oxygens (including phenoxy) is 2. The lowest BCUT2D eigenvalue weighted by molar-refractivity contribution is -0.0756. The number of carbonyl (C=O) groups is 4. The molecular weight excluding hydrogens is 1040 g/mol. The molecule has 0 fully saturated rings. The summed E-state index contributed by atoms with van der Waals surface area (Å²) in [6.07, 6.45) is 1.20.